The van der Waals surface area contributed by atoms with Gasteiger partial charge in [0.05, 0.1) is 26.7 Å². The summed E-state index contributed by atoms with van der Waals surface area (Å²) in [7, 11) is -1.83. The molecule has 29 heavy (non-hydrogen) atoms. The first-order chi connectivity index (χ1) is 13.8. The van der Waals surface area contributed by atoms with Crippen LogP contribution in [0.1, 0.15) is 44.6 Å². The molecular weight excluding hydrogens is 386 g/mol. The van der Waals surface area contributed by atoms with Crippen molar-refractivity contribution < 1.29 is 18.3 Å². The third-order valence-corrected chi connectivity index (χ3v) is 8.27. The minimum atomic E-state index is -3.64. The number of hydrogen-bond acceptors (Lipinski definition) is 4. The van der Waals surface area contributed by atoms with Crippen molar-refractivity contribution in [3.63, 3.8) is 0 Å². The van der Waals surface area contributed by atoms with Gasteiger partial charge in [-0.15, -0.1) is 0 Å². The summed E-state index contributed by atoms with van der Waals surface area (Å²) < 4.78 is 26.1. The van der Waals surface area contributed by atoms with E-state index in [2.05, 4.69) is 6.92 Å². The summed E-state index contributed by atoms with van der Waals surface area (Å²) in [6.07, 6.45) is 7.02. The zero-order valence-electron chi connectivity index (χ0n) is 16.7. The van der Waals surface area contributed by atoms with Gasteiger partial charge in [-0.1, -0.05) is 44.0 Å². The SMILES string of the molecule is CCC1(C=C(C(=O)O)c2ccc3c(c2)N(C)c2ccccc2S3(=O)=O)CCCC1. The molecule has 1 saturated carbocycles. The molecule has 1 heterocycles. The number of aliphatic carboxylic acids is 1. The second-order valence-electron chi connectivity index (χ2n) is 8.00. The van der Waals surface area contributed by atoms with Gasteiger partial charge in [-0.3, -0.25) is 0 Å². The van der Waals surface area contributed by atoms with Crippen molar-refractivity contribution >= 4 is 32.8 Å². The monoisotopic (exact) mass is 411 g/mol. The van der Waals surface area contributed by atoms with Crippen molar-refractivity contribution in [3.8, 4) is 0 Å². The van der Waals surface area contributed by atoms with E-state index in [4.69, 9.17) is 0 Å². The van der Waals surface area contributed by atoms with Gasteiger partial charge in [0.25, 0.3) is 0 Å². The largest absolute Gasteiger partial charge is 0.478 e. The predicted octanol–water partition coefficient (Wildman–Crippen LogP) is 5.04. The maximum atomic E-state index is 13.1. The van der Waals surface area contributed by atoms with E-state index in [1.54, 1.807) is 36.4 Å². The quantitative estimate of drug-likeness (QED) is 0.714. The van der Waals surface area contributed by atoms with Gasteiger partial charge in [0.2, 0.25) is 9.84 Å². The van der Waals surface area contributed by atoms with Crippen LogP contribution in [0.5, 0.6) is 0 Å². The van der Waals surface area contributed by atoms with Crippen LogP contribution in [0.4, 0.5) is 11.4 Å². The first-order valence-electron chi connectivity index (χ1n) is 9.97. The van der Waals surface area contributed by atoms with E-state index in [0.29, 0.717) is 16.9 Å². The molecule has 0 radical (unpaired) electrons. The molecule has 2 aliphatic rings. The summed E-state index contributed by atoms with van der Waals surface area (Å²) in [6, 6.07) is 11.7. The van der Waals surface area contributed by atoms with Crippen molar-refractivity contribution in [2.45, 2.75) is 48.8 Å². The highest BCUT2D eigenvalue weighted by Crippen LogP contribution is 2.46. The molecule has 152 valence electrons. The lowest BCUT2D eigenvalue weighted by Crippen LogP contribution is -2.22. The molecule has 1 N–H and O–H groups in total. The van der Waals surface area contributed by atoms with E-state index in [1.165, 1.54) is 6.07 Å². The van der Waals surface area contributed by atoms with E-state index >= 15 is 0 Å². The Balaban J connectivity index is 1.87. The van der Waals surface area contributed by atoms with Crippen LogP contribution in [0, 0.1) is 5.41 Å². The van der Waals surface area contributed by atoms with Gasteiger partial charge < -0.3 is 10.0 Å². The third-order valence-electron chi connectivity index (χ3n) is 6.42. The number of carboxylic acids is 1. The van der Waals surface area contributed by atoms with E-state index in [-0.39, 0.29) is 20.8 Å². The summed E-state index contributed by atoms with van der Waals surface area (Å²) in [5.41, 5.74) is 1.80. The van der Waals surface area contributed by atoms with E-state index in [9.17, 15) is 18.3 Å². The summed E-state index contributed by atoms with van der Waals surface area (Å²) in [4.78, 5) is 14.4. The third kappa shape index (κ3) is 3.15. The van der Waals surface area contributed by atoms with E-state index in [0.717, 1.165) is 32.1 Å². The van der Waals surface area contributed by atoms with Crippen LogP contribution >= 0.6 is 0 Å². The minimum Gasteiger partial charge on any atom is -0.478 e. The average molecular weight is 412 g/mol. The van der Waals surface area contributed by atoms with Crippen LogP contribution in [0.3, 0.4) is 0 Å². The molecule has 0 spiro atoms. The Bertz CT molecular complexity index is 1110. The number of sulfone groups is 1. The van der Waals surface area contributed by atoms with Gasteiger partial charge >= 0.3 is 5.97 Å². The topological polar surface area (TPSA) is 74.7 Å². The summed E-state index contributed by atoms with van der Waals surface area (Å²) in [5, 5.41) is 9.93. The second-order valence-corrected chi connectivity index (χ2v) is 9.89. The Kier molecular flexibility index (Phi) is 4.77. The van der Waals surface area contributed by atoms with Crippen molar-refractivity contribution in [2.75, 3.05) is 11.9 Å². The minimum absolute atomic E-state index is 0.0891. The normalized spacial score (nSPS) is 19.5. The number of hydrogen-bond donors (Lipinski definition) is 1. The maximum Gasteiger partial charge on any atom is 0.335 e. The van der Waals surface area contributed by atoms with Crippen LogP contribution in [0.25, 0.3) is 5.57 Å². The molecule has 0 unspecified atom stereocenters. The van der Waals surface area contributed by atoms with Crippen LogP contribution in [-0.2, 0) is 14.6 Å². The lowest BCUT2D eigenvalue weighted by Gasteiger charge is -2.30. The first-order valence-corrected chi connectivity index (χ1v) is 11.5. The molecule has 1 aliphatic heterocycles. The zero-order valence-corrected chi connectivity index (χ0v) is 17.5. The number of carboxylic acid groups (broad SMARTS) is 1. The van der Waals surface area contributed by atoms with Crippen LogP contribution in [-0.4, -0.2) is 26.5 Å². The molecule has 0 atom stereocenters. The first kappa shape index (κ1) is 19.7. The summed E-state index contributed by atoms with van der Waals surface area (Å²) in [5.74, 6) is -0.980. The molecule has 4 rings (SSSR count). The van der Waals surface area contributed by atoms with Crippen molar-refractivity contribution in [1.82, 2.24) is 0 Å². The van der Waals surface area contributed by atoms with Crippen LogP contribution < -0.4 is 4.90 Å². The lowest BCUT2D eigenvalue weighted by atomic mass is 9.80. The van der Waals surface area contributed by atoms with Crippen molar-refractivity contribution in [3.05, 3.63) is 54.1 Å². The second kappa shape index (κ2) is 7.02. The highest BCUT2D eigenvalue weighted by Gasteiger charge is 2.34. The van der Waals surface area contributed by atoms with Gasteiger partial charge in [-0.25, -0.2) is 13.2 Å². The Morgan fingerprint density at radius 1 is 1.10 bits per heavy atom. The Labute approximate surface area is 171 Å². The van der Waals surface area contributed by atoms with Crippen LogP contribution in [0.2, 0.25) is 0 Å². The number of nitrogens with zero attached hydrogens (tertiary/aromatic N) is 1. The molecule has 0 bridgehead atoms. The molecule has 2 aromatic rings. The number of allylic oxidation sites excluding steroid dienone is 1. The van der Waals surface area contributed by atoms with Gasteiger partial charge in [0.1, 0.15) is 0 Å². The van der Waals surface area contributed by atoms with E-state index < -0.39 is 15.8 Å². The average Bonchev–Trinajstić information content (AvgIpc) is 3.19. The standard InChI is InChI=1S/C23H25NO4S/c1-3-23(12-6-7-13-23)15-17(22(25)26)16-10-11-21-19(14-16)24(2)18-8-4-5-9-20(18)29(21,27)28/h4-5,8-11,14-15H,3,6-7,12-13H2,1-2H3,(H,25,26). The van der Waals surface area contributed by atoms with Crippen LogP contribution in [0.15, 0.2) is 58.3 Å². The summed E-state index contributed by atoms with van der Waals surface area (Å²) >= 11 is 0. The van der Waals surface area contributed by atoms with Gasteiger partial charge in [0.15, 0.2) is 0 Å². The number of anilines is 2. The Hall–Kier alpha value is -2.60. The smallest absolute Gasteiger partial charge is 0.335 e. The van der Waals surface area contributed by atoms with Crippen molar-refractivity contribution in [1.29, 1.82) is 0 Å². The number of para-hydroxylation sites is 1. The number of carbonyl (C=O) groups is 1. The lowest BCUT2D eigenvalue weighted by molar-refractivity contribution is -0.130. The molecule has 1 aliphatic carbocycles. The molecule has 6 heteroatoms. The molecule has 5 nitrogen and oxygen atoms in total. The fourth-order valence-corrected chi connectivity index (χ4v) is 6.33. The molecule has 2 aromatic carbocycles. The van der Waals surface area contributed by atoms with E-state index in [1.807, 2.05) is 18.0 Å². The van der Waals surface area contributed by atoms with Gasteiger partial charge in [-0.2, -0.15) is 0 Å². The molecule has 1 fully saturated rings. The predicted molar refractivity (Wildman–Crippen MR) is 113 cm³/mol. The zero-order chi connectivity index (χ0) is 20.8. The molecule has 0 aromatic heterocycles. The molecular formula is C23H25NO4S. The van der Waals surface area contributed by atoms with Gasteiger partial charge in [0, 0.05) is 7.05 Å². The Morgan fingerprint density at radius 2 is 1.76 bits per heavy atom. The summed E-state index contributed by atoms with van der Waals surface area (Å²) in [6.45, 7) is 2.10. The Morgan fingerprint density at radius 3 is 2.41 bits per heavy atom. The maximum absolute atomic E-state index is 13.1. The van der Waals surface area contributed by atoms with Gasteiger partial charge in [-0.05, 0) is 54.5 Å². The fraction of sp³-hybridized carbons (Fsp3) is 0.348. The number of fused-ring (bicyclic) bond motifs is 2. The highest BCUT2D eigenvalue weighted by atomic mass is 32.2. The molecule has 0 amide bonds. The molecule has 0 saturated heterocycles. The number of rotatable bonds is 4. The fourth-order valence-electron chi connectivity index (χ4n) is 4.64. The van der Waals surface area contributed by atoms with Crippen molar-refractivity contribution in [2.24, 2.45) is 5.41 Å². The highest BCUT2D eigenvalue weighted by molar-refractivity contribution is 7.92. The number of benzene rings is 2.